The smallest absolute Gasteiger partial charge is 0.155 e. The molecule has 0 aromatic carbocycles. The van der Waals surface area contributed by atoms with Crippen LogP contribution in [-0.2, 0) is 0 Å². The van der Waals surface area contributed by atoms with Gasteiger partial charge in [0, 0.05) is 17.4 Å². The lowest BCUT2D eigenvalue weighted by Crippen LogP contribution is -2.20. The first-order chi connectivity index (χ1) is 3.80. The Hall–Kier alpha value is 0.620. The molecule has 0 aliphatic carbocycles. The molecule has 1 rings (SSSR count). The Morgan fingerprint density at radius 2 is 1.75 bits per heavy atom. The molecule has 2 N–H and O–H groups in total. The highest BCUT2D eigenvalue weighted by molar-refractivity contribution is 8.77. The normalized spacial score (nSPS) is 22.9. The second-order valence-corrected chi connectivity index (χ2v) is 4.30. The number of aliphatic hydroxyl groups excluding tert-OH is 1. The quantitative estimate of drug-likeness (QED) is 0.419. The van der Waals surface area contributed by atoms with E-state index in [0.29, 0.717) is 0 Å². The van der Waals surface area contributed by atoms with E-state index in [1.807, 2.05) is 0 Å². The second-order valence-electron chi connectivity index (χ2n) is 1.74. The van der Waals surface area contributed by atoms with E-state index >= 15 is 0 Å². The average Bonchev–Trinajstić information content (AvgIpc) is 2.12. The van der Waals surface area contributed by atoms with Gasteiger partial charge in [0.25, 0.3) is 0 Å². The lowest BCUT2D eigenvalue weighted by molar-refractivity contribution is -0.0698. The Kier molecular flexibility index (Phi) is 2.49. The van der Waals surface area contributed by atoms with Crippen LogP contribution in [0.5, 0.6) is 0 Å². The zero-order valence-corrected chi connectivity index (χ0v) is 5.91. The van der Waals surface area contributed by atoms with Crippen LogP contribution in [0.25, 0.3) is 0 Å². The van der Waals surface area contributed by atoms with E-state index in [2.05, 4.69) is 0 Å². The van der Waals surface area contributed by atoms with Crippen molar-refractivity contribution in [3.8, 4) is 0 Å². The van der Waals surface area contributed by atoms with Crippen LogP contribution >= 0.6 is 21.6 Å². The fourth-order valence-corrected chi connectivity index (χ4v) is 3.39. The van der Waals surface area contributed by atoms with E-state index < -0.39 is 6.29 Å². The highest BCUT2D eigenvalue weighted by atomic mass is 33.1. The van der Waals surface area contributed by atoms with Crippen molar-refractivity contribution in [2.75, 3.05) is 11.5 Å². The summed E-state index contributed by atoms with van der Waals surface area (Å²) in [6.07, 6.45) is -1.10. The molecule has 1 heterocycles. The maximum Gasteiger partial charge on any atom is 0.155 e. The lowest BCUT2D eigenvalue weighted by atomic mass is 10.2. The molecular formula is C4H8O2S2. The van der Waals surface area contributed by atoms with Crippen LogP contribution in [0.1, 0.15) is 0 Å². The Bertz CT molecular complexity index is 70.4. The SMILES string of the molecule is OC(O)C1CSSC1. The van der Waals surface area contributed by atoms with Crippen LogP contribution in [0.15, 0.2) is 0 Å². The van der Waals surface area contributed by atoms with Gasteiger partial charge in [0.1, 0.15) is 0 Å². The van der Waals surface area contributed by atoms with E-state index in [0.717, 1.165) is 11.5 Å². The van der Waals surface area contributed by atoms with Crippen LogP contribution in [0.4, 0.5) is 0 Å². The zero-order valence-electron chi connectivity index (χ0n) is 4.28. The summed E-state index contributed by atoms with van der Waals surface area (Å²) in [4.78, 5) is 0. The van der Waals surface area contributed by atoms with E-state index in [-0.39, 0.29) is 5.92 Å². The molecule has 0 atom stereocenters. The van der Waals surface area contributed by atoms with Crippen LogP contribution < -0.4 is 0 Å². The van der Waals surface area contributed by atoms with Crippen molar-refractivity contribution < 1.29 is 10.2 Å². The Morgan fingerprint density at radius 3 is 2.00 bits per heavy atom. The molecule has 1 saturated heterocycles. The summed E-state index contributed by atoms with van der Waals surface area (Å²) in [5, 5.41) is 17.2. The molecule has 8 heavy (non-hydrogen) atoms. The van der Waals surface area contributed by atoms with Crippen LogP contribution in [-0.4, -0.2) is 28.0 Å². The molecule has 0 saturated carbocycles. The van der Waals surface area contributed by atoms with Crippen molar-refractivity contribution in [1.29, 1.82) is 0 Å². The van der Waals surface area contributed by atoms with E-state index in [4.69, 9.17) is 10.2 Å². The molecular weight excluding hydrogens is 144 g/mol. The highest BCUT2D eigenvalue weighted by Gasteiger charge is 2.21. The first-order valence-corrected chi connectivity index (χ1v) is 4.90. The lowest BCUT2D eigenvalue weighted by Gasteiger charge is -2.07. The predicted molar refractivity (Wildman–Crippen MR) is 36.6 cm³/mol. The van der Waals surface area contributed by atoms with Gasteiger partial charge in [0.05, 0.1) is 0 Å². The molecule has 4 heteroatoms. The average molecular weight is 152 g/mol. The van der Waals surface area contributed by atoms with Crippen molar-refractivity contribution in [1.82, 2.24) is 0 Å². The number of rotatable bonds is 1. The minimum Gasteiger partial charge on any atom is -0.368 e. The van der Waals surface area contributed by atoms with Crippen molar-refractivity contribution in [3.05, 3.63) is 0 Å². The summed E-state index contributed by atoms with van der Waals surface area (Å²) in [6, 6.07) is 0. The minimum atomic E-state index is -1.10. The number of aliphatic hydroxyl groups is 2. The van der Waals surface area contributed by atoms with Crippen LogP contribution in [0.2, 0.25) is 0 Å². The zero-order chi connectivity index (χ0) is 5.98. The monoisotopic (exact) mass is 152 g/mol. The molecule has 0 bridgehead atoms. The second kappa shape index (κ2) is 2.96. The summed E-state index contributed by atoms with van der Waals surface area (Å²) in [6.45, 7) is 0. The van der Waals surface area contributed by atoms with Gasteiger partial charge in [-0.1, -0.05) is 21.6 Å². The summed E-state index contributed by atoms with van der Waals surface area (Å²) in [5.41, 5.74) is 0. The summed E-state index contributed by atoms with van der Waals surface area (Å²) >= 11 is 0. The first-order valence-electron chi connectivity index (χ1n) is 2.41. The number of hydrogen-bond acceptors (Lipinski definition) is 4. The fourth-order valence-electron chi connectivity index (χ4n) is 0.491. The van der Waals surface area contributed by atoms with Crippen molar-refractivity contribution in [2.24, 2.45) is 5.92 Å². The Balaban J connectivity index is 2.24. The van der Waals surface area contributed by atoms with E-state index in [1.165, 1.54) is 0 Å². The van der Waals surface area contributed by atoms with E-state index in [1.54, 1.807) is 21.6 Å². The molecule has 1 aliphatic rings. The van der Waals surface area contributed by atoms with Gasteiger partial charge in [-0.15, -0.1) is 0 Å². The third-order valence-corrected chi connectivity index (χ3v) is 3.68. The molecule has 0 amide bonds. The van der Waals surface area contributed by atoms with Gasteiger partial charge in [-0.3, -0.25) is 0 Å². The van der Waals surface area contributed by atoms with Gasteiger partial charge in [-0.2, -0.15) is 0 Å². The predicted octanol–water partition coefficient (Wildman–Crippen LogP) is 0.308. The van der Waals surface area contributed by atoms with Crippen molar-refractivity contribution in [3.63, 3.8) is 0 Å². The summed E-state index contributed by atoms with van der Waals surface area (Å²) in [5.74, 6) is 1.86. The third kappa shape index (κ3) is 1.55. The highest BCUT2D eigenvalue weighted by Crippen LogP contribution is 2.35. The molecule has 0 spiro atoms. The Morgan fingerprint density at radius 1 is 1.25 bits per heavy atom. The summed E-state index contributed by atoms with van der Waals surface area (Å²) < 4.78 is 0. The van der Waals surface area contributed by atoms with Gasteiger partial charge in [-0.05, 0) is 0 Å². The largest absolute Gasteiger partial charge is 0.368 e. The first kappa shape index (κ1) is 6.74. The van der Waals surface area contributed by atoms with Gasteiger partial charge in [0.15, 0.2) is 6.29 Å². The van der Waals surface area contributed by atoms with Gasteiger partial charge in [0.2, 0.25) is 0 Å². The molecule has 48 valence electrons. The maximum atomic E-state index is 8.58. The van der Waals surface area contributed by atoms with Gasteiger partial charge >= 0.3 is 0 Å². The van der Waals surface area contributed by atoms with Crippen LogP contribution in [0, 0.1) is 5.92 Å². The van der Waals surface area contributed by atoms with Crippen LogP contribution in [0.3, 0.4) is 0 Å². The third-order valence-electron chi connectivity index (χ3n) is 1.07. The summed E-state index contributed by atoms with van der Waals surface area (Å²) in [7, 11) is 3.41. The minimum absolute atomic E-state index is 0.102. The standard InChI is InChI=1S/C4H8O2S2/c5-4(6)3-1-7-8-2-3/h3-6H,1-2H2. The van der Waals surface area contributed by atoms with Crippen molar-refractivity contribution >= 4 is 21.6 Å². The Labute approximate surface area is 56.1 Å². The van der Waals surface area contributed by atoms with Gasteiger partial charge in [-0.25, -0.2) is 0 Å². The molecule has 1 fully saturated rings. The fraction of sp³-hybridized carbons (Fsp3) is 1.00. The molecule has 0 aromatic heterocycles. The molecule has 0 unspecified atom stereocenters. The maximum absolute atomic E-state index is 8.58. The number of hydrogen-bond donors (Lipinski definition) is 2. The van der Waals surface area contributed by atoms with Crippen molar-refractivity contribution in [2.45, 2.75) is 6.29 Å². The molecule has 1 aliphatic heterocycles. The molecule has 2 nitrogen and oxygen atoms in total. The van der Waals surface area contributed by atoms with Gasteiger partial charge < -0.3 is 10.2 Å². The topological polar surface area (TPSA) is 40.5 Å². The van der Waals surface area contributed by atoms with E-state index in [9.17, 15) is 0 Å². The molecule has 0 radical (unpaired) electrons. The molecule has 0 aromatic rings.